The fourth-order valence-corrected chi connectivity index (χ4v) is 6.46. The van der Waals surface area contributed by atoms with E-state index in [1.54, 1.807) is 0 Å². The van der Waals surface area contributed by atoms with Crippen molar-refractivity contribution in [2.75, 3.05) is 13.2 Å². The monoisotopic (exact) mass is 352 g/mol. The van der Waals surface area contributed by atoms with E-state index in [0.29, 0.717) is 13.2 Å². The Labute approximate surface area is 142 Å². The van der Waals surface area contributed by atoms with Crippen molar-refractivity contribution in [2.24, 2.45) is 0 Å². The van der Waals surface area contributed by atoms with Gasteiger partial charge in [-0.3, -0.25) is 0 Å². The molecule has 0 heterocycles. The Bertz CT molecular complexity index is 605. The summed E-state index contributed by atoms with van der Waals surface area (Å²) >= 11 is 0. The second-order valence-corrected chi connectivity index (χ2v) is 9.40. The Morgan fingerprint density at radius 1 is 0.783 bits per heavy atom. The maximum atomic E-state index is 6.26. The Hall–Kier alpha value is -1.06. The molecule has 0 aliphatic rings. The molecule has 0 bridgehead atoms. The summed E-state index contributed by atoms with van der Waals surface area (Å²) in [5, 5.41) is 0. The third-order valence-electron chi connectivity index (χ3n) is 2.88. The molecule has 0 amide bonds. The van der Waals surface area contributed by atoms with Crippen LogP contribution < -0.4 is 4.52 Å². The maximum absolute atomic E-state index is 6.26. The van der Waals surface area contributed by atoms with Crippen LogP contribution in [0.25, 0.3) is 0 Å². The lowest BCUT2D eigenvalue weighted by Gasteiger charge is -2.26. The van der Waals surface area contributed by atoms with Gasteiger partial charge in [-0.05, 0) is 37.1 Å². The molecule has 2 aromatic rings. The fraction of sp³-hybridized carbons (Fsp3) is 0.333. The molecule has 0 saturated heterocycles. The molecular formula is C18H25O3PS. The molecule has 0 radical (unpaired) electrons. The van der Waals surface area contributed by atoms with Crippen LogP contribution in [0.5, 0.6) is 5.75 Å². The first-order valence-corrected chi connectivity index (χ1v) is 11.1. The number of para-hydroxylation sites is 1. The molecule has 5 heteroatoms. The highest BCUT2D eigenvalue weighted by atomic mass is 32.5. The fourth-order valence-electron chi connectivity index (χ4n) is 1.83. The molecule has 0 spiro atoms. The van der Waals surface area contributed by atoms with Crippen LogP contribution in [0.2, 0.25) is 0 Å². The Morgan fingerprint density at radius 3 is 1.83 bits per heavy atom. The number of hydrogen-bond donors (Lipinski definition) is 1. The highest BCUT2D eigenvalue weighted by molar-refractivity contribution is 8.17. The van der Waals surface area contributed by atoms with Crippen molar-refractivity contribution in [3.05, 3.63) is 60.7 Å². The van der Waals surface area contributed by atoms with Crippen LogP contribution in [0.3, 0.4) is 0 Å². The van der Waals surface area contributed by atoms with Gasteiger partial charge in [-0.2, -0.15) is 0 Å². The minimum absolute atomic E-state index is 0.629. The quantitative estimate of drug-likeness (QED) is 0.479. The van der Waals surface area contributed by atoms with E-state index >= 15 is 0 Å². The molecule has 0 aliphatic carbocycles. The Balaban J connectivity index is 2.38. The van der Waals surface area contributed by atoms with Gasteiger partial charge in [0, 0.05) is 4.90 Å². The summed E-state index contributed by atoms with van der Waals surface area (Å²) in [6.07, 6.45) is 1.86. The van der Waals surface area contributed by atoms with Crippen LogP contribution in [0.4, 0.5) is 0 Å². The van der Waals surface area contributed by atoms with Gasteiger partial charge in [-0.15, -0.1) is 0 Å². The molecule has 0 aliphatic heterocycles. The SMILES string of the molecule is CCCOP(OCCC)(Oc1ccccc1)=[SH]c1ccccc1. The summed E-state index contributed by atoms with van der Waals surface area (Å²) in [5.41, 5.74) is 0. The maximum Gasteiger partial charge on any atom is 0.339 e. The molecule has 23 heavy (non-hydrogen) atoms. The van der Waals surface area contributed by atoms with Crippen LogP contribution in [-0.4, -0.2) is 13.2 Å². The van der Waals surface area contributed by atoms with Crippen LogP contribution in [0.1, 0.15) is 26.7 Å². The molecule has 126 valence electrons. The standard InChI is InChI=1S/C18H25O3PS/c1-3-15-19-22(20-16-4-2,21-17-11-7-5-8-12-17)23-18-13-9-6-10-14-18/h5-14,23H,3-4,15-16H2,1-2H3. The zero-order valence-corrected chi connectivity index (χ0v) is 15.5. The Morgan fingerprint density at radius 2 is 1.30 bits per heavy atom. The lowest BCUT2D eigenvalue weighted by molar-refractivity contribution is 0.202. The summed E-state index contributed by atoms with van der Waals surface area (Å²) in [6.45, 7) is 2.94. The van der Waals surface area contributed by atoms with Crippen LogP contribution in [0.15, 0.2) is 65.6 Å². The van der Waals surface area contributed by atoms with Gasteiger partial charge < -0.3 is 13.6 Å². The molecule has 3 nitrogen and oxygen atoms in total. The van der Waals surface area contributed by atoms with Crippen molar-refractivity contribution >= 4 is 17.7 Å². The van der Waals surface area contributed by atoms with E-state index < -0.39 is 6.72 Å². The van der Waals surface area contributed by atoms with Crippen molar-refractivity contribution in [3.63, 3.8) is 0 Å². The minimum atomic E-state index is -2.50. The number of hydrogen-bond acceptors (Lipinski definition) is 3. The molecular weight excluding hydrogens is 327 g/mol. The second-order valence-electron chi connectivity index (χ2n) is 4.97. The summed E-state index contributed by atoms with van der Waals surface area (Å²) < 4.78 is 18.6. The van der Waals surface area contributed by atoms with Gasteiger partial charge in [0.15, 0.2) is 0 Å². The van der Waals surface area contributed by atoms with Crippen LogP contribution in [0, 0.1) is 0 Å². The third-order valence-corrected chi connectivity index (χ3v) is 7.47. The van der Waals surface area contributed by atoms with Gasteiger partial charge >= 0.3 is 6.72 Å². The molecule has 2 aromatic carbocycles. The highest BCUT2D eigenvalue weighted by Gasteiger charge is 2.23. The lowest BCUT2D eigenvalue weighted by atomic mass is 10.3. The van der Waals surface area contributed by atoms with Crippen LogP contribution in [-0.2, 0) is 20.0 Å². The number of benzene rings is 2. The topological polar surface area (TPSA) is 27.7 Å². The van der Waals surface area contributed by atoms with Crippen molar-refractivity contribution in [3.8, 4) is 5.75 Å². The van der Waals surface area contributed by atoms with E-state index in [4.69, 9.17) is 13.6 Å². The zero-order valence-electron chi connectivity index (χ0n) is 13.7. The predicted molar refractivity (Wildman–Crippen MR) is 99.9 cm³/mol. The highest BCUT2D eigenvalue weighted by Crippen LogP contribution is 2.53. The van der Waals surface area contributed by atoms with Gasteiger partial charge in [-0.25, -0.2) is 0 Å². The van der Waals surface area contributed by atoms with Gasteiger partial charge in [0.2, 0.25) is 0 Å². The largest absolute Gasteiger partial charge is 0.428 e. The van der Waals surface area contributed by atoms with Crippen molar-refractivity contribution < 1.29 is 13.6 Å². The molecule has 0 unspecified atom stereocenters. The number of thiol groups is 1. The average Bonchev–Trinajstić information content (AvgIpc) is 2.60. The predicted octanol–water partition coefficient (Wildman–Crippen LogP) is 5.47. The molecule has 2 rings (SSSR count). The van der Waals surface area contributed by atoms with E-state index in [1.807, 2.05) is 48.5 Å². The molecule has 0 N–H and O–H groups in total. The smallest absolute Gasteiger partial charge is 0.339 e. The second kappa shape index (κ2) is 9.94. The lowest BCUT2D eigenvalue weighted by Crippen LogP contribution is -2.06. The van der Waals surface area contributed by atoms with Gasteiger partial charge in [0.1, 0.15) is 5.75 Å². The summed E-state index contributed by atoms with van der Waals surface area (Å²) in [5.74, 6) is 0.788. The van der Waals surface area contributed by atoms with Crippen LogP contribution >= 0.6 is 6.72 Å². The van der Waals surface area contributed by atoms with Crippen molar-refractivity contribution in [1.82, 2.24) is 0 Å². The van der Waals surface area contributed by atoms with Gasteiger partial charge in [-0.1, -0.05) is 61.2 Å². The molecule has 0 saturated carbocycles. The first-order chi connectivity index (χ1) is 11.3. The van der Waals surface area contributed by atoms with E-state index in [-0.39, 0.29) is 0 Å². The van der Waals surface area contributed by atoms with E-state index in [1.165, 1.54) is 0 Å². The normalized spacial score (nSPS) is 11.4. The van der Waals surface area contributed by atoms with Crippen molar-refractivity contribution in [2.45, 2.75) is 31.6 Å². The first-order valence-electron chi connectivity index (χ1n) is 7.99. The minimum Gasteiger partial charge on any atom is -0.428 e. The van der Waals surface area contributed by atoms with Crippen molar-refractivity contribution in [1.29, 1.82) is 0 Å². The van der Waals surface area contributed by atoms with Gasteiger partial charge in [0.25, 0.3) is 0 Å². The van der Waals surface area contributed by atoms with E-state index in [9.17, 15) is 0 Å². The Kier molecular flexibility index (Phi) is 7.90. The molecule has 0 fully saturated rings. The third kappa shape index (κ3) is 6.15. The zero-order chi connectivity index (χ0) is 16.4. The number of rotatable bonds is 9. The van der Waals surface area contributed by atoms with E-state index in [0.717, 1.165) is 34.4 Å². The first kappa shape index (κ1) is 18.3. The summed E-state index contributed by atoms with van der Waals surface area (Å²) in [4.78, 5) is 1.14. The molecule has 0 atom stereocenters. The van der Waals surface area contributed by atoms with Gasteiger partial charge in [0.05, 0.1) is 13.2 Å². The average molecular weight is 352 g/mol. The summed E-state index contributed by atoms with van der Waals surface area (Å²) in [7, 11) is 0.955. The summed E-state index contributed by atoms with van der Waals surface area (Å²) in [6, 6.07) is 20.0. The van der Waals surface area contributed by atoms with E-state index in [2.05, 4.69) is 26.0 Å². The molecule has 0 aromatic heterocycles.